The quantitative estimate of drug-likeness (QED) is 0.800. The number of likely N-dealkylation sites (N-methyl/N-ethyl adjacent to an activating group) is 1. The van der Waals surface area contributed by atoms with Crippen LogP contribution in [0.1, 0.15) is 36.0 Å². The van der Waals surface area contributed by atoms with E-state index in [1.807, 2.05) is 50.2 Å². The number of ether oxygens (including phenoxy) is 1. The number of hydrogen-bond donors (Lipinski definition) is 1. The summed E-state index contributed by atoms with van der Waals surface area (Å²) in [4.78, 5) is 2.05. The summed E-state index contributed by atoms with van der Waals surface area (Å²) >= 11 is 0. The van der Waals surface area contributed by atoms with Crippen molar-refractivity contribution >= 4 is 0 Å². The van der Waals surface area contributed by atoms with Gasteiger partial charge in [0, 0.05) is 19.5 Å². The molecule has 1 atom stereocenters. The van der Waals surface area contributed by atoms with Gasteiger partial charge in [-0.25, -0.2) is 0 Å². The highest BCUT2D eigenvalue weighted by atomic mass is 16.5. The van der Waals surface area contributed by atoms with Crippen molar-refractivity contribution in [1.29, 1.82) is 0 Å². The molecule has 0 radical (unpaired) electrons. The Balaban J connectivity index is 1.45. The fraction of sp³-hybridized carbons (Fsp3) is 0.556. The molecule has 1 aliphatic carbocycles. The average molecular weight is 330 g/mol. The van der Waals surface area contributed by atoms with Gasteiger partial charge in [-0.3, -0.25) is 4.90 Å². The molecule has 1 N–H and O–H groups in total. The minimum absolute atomic E-state index is 0.277. The number of benzene rings is 1. The van der Waals surface area contributed by atoms with Gasteiger partial charge in [-0.2, -0.15) is 0 Å². The first-order valence-electron chi connectivity index (χ1n) is 8.47. The van der Waals surface area contributed by atoms with Gasteiger partial charge in [0.1, 0.15) is 30.1 Å². The number of aromatic nitrogens is 3. The molecule has 1 saturated carbocycles. The van der Waals surface area contributed by atoms with E-state index in [0.717, 1.165) is 17.4 Å². The molecule has 0 bridgehead atoms. The van der Waals surface area contributed by atoms with Crippen LogP contribution in [-0.2, 0) is 13.6 Å². The van der Waals surface area contributed by atoms with Crippen molar-refractivity contribution in [3.05, 3.63) is 41.5 Å². The van der Waals surface area contributed by atoms with Crippen molar-refractivity contribution in [3.63, 3.8) is 0 Å². The number of aliphatic hydroxyl groups is 1. The van der Waals surface area contributed by atoms with Crippen LogP contribution in [0.25, 0.3) is 0 Å². The van der Waals surface area contributed by atoms with E-state index in [-0.39, 0.29) is 6.61 Å². The number of aliphatic hydroxyl groups excluding tert-OH is 1. The Labute approximate surface area is 143 Å². The molecule has 1 heterocycles. The van der Waals surface area contributed by atoms with Crippen LogP contribution in [0.3, 0.4) is 0 Å². The third kappa shape index (κ3) is 4.33. The van der Waals surface area contributed by atoms with E-state index in [2.05, 4.69) is 14.8 Å². The molecule has 1 unspecified atom stereocenters. The highest BCUT2D eigenvalue weighted by Crippen LogP contribution is 2.38. The van der Waals surface area contributed by atoms with Gasteiger partial charge in [-0.15, -0.1) is 10.2 Å². The van der Waals surface area contributed by atoms with Crippen LogP contribution >= 0.6 is 0 Å². The van der Waals surface area contributed by atoms with E-state index in [0.29, 0.717) is 19.0 Å². The number of aryl methyl sites for hydroxylation is 1. The second-order valence-electron chi connectivity index (χ2n) is 6.78. The molecule has 2 aromatic rings. The SMILES string of the molecule is Cc1ccc(OCC(O)CN(C)Cc2nnc(C3CC3)n2C)cc1. The topological polar surface area (TPSA) is 63.4 Å². The fourth-order valence-corrected chi connectivity index (χ4v) is 2.76. The van der Waals surface area contributed by atoms with E-state index in [1.54, 1.807) is 0 Å². The second kappa shape index (κ2) is 7.32. The van der Waals surface area contributed by atoms with Crippen molar-refractivity contribution < 1.29 is 9.84 Å². The second-order valence-corrected chi connectivity index (χ2v) is 6.78. The predicted octanol–water partition coefficient (Wildman–Crippen LogP) is 1.87. The van der Waals surface area contributed by atoms with Gasteiger partial charge in [-0.1, -0.05) is 17.7 Å². The van der Waals surface area contributed by atoms with Gasteiger partial charge in [0.15, 0.2) is 0 Å². The van der Waals surface area contributed by atoms with Gasteiger partial charge in [0.2, 0.25) is 0 Å². The standard InChI is InChI=1S/C18H26N4O2/c1-13-4-8-16(9-5-13)24-12-15(23)10-21(2)11-17-19-20-18(22(17)3)14-6-7-14/h4-5,8-9,14-15,23H,6-7,10-12H2,1-3H3. The number of nitrogens with zero attached hydrogens (tertiary/aromatic N) is 4. The highest BCUT2D eigenvalue weighted by Gasteiger charge is 2.29. The van der Waals surface area contributed by atoms with Crippen LogP contribution in [0, 0.1) is 6.92 Å². The molecule has 6 heteroatoms. The zero-order chi connectivity index (χ0) is 17.1. The lowest BCUT2D eigenvalue weighted by Gasteiger charge is -2.20. The Morgan fingerprint density at radius 1 is 1.29 bits per heavy atom. The van der Waals surface area contributed by atoms with Crippen molar-refractivity contribution in [2.45, 2.75) is 38.3 Å². The molecule has 3 rings (SSSR count). The summed E-state index contributed by atoms with van der Waals surface area (Å²) in [6, 6.07) is 7.84. The third-order valence-corrected chi connectivity index (χ3v) is 4.34. The maximum Gasteiger partial charge on any atom is 0.146 e. The Morgan fingerprint density at radius 2 is 2.00 bits per heavy atom. The summed E-state index contributed by atoms with van der Waals surface area (Å²) in [5, 5.41) is 18.8. The molecule has 1 aromatic carbocycles. The first-order valence-corrected chi connectivity index (χ1v) is 8.47. The summed E-state index contributed by atoms with van der Waals surface area (Å²) in [6.45, 7) is 3.50. The Kier molecular flexibility index (Phi) is 5.16. The fourth-order valence-electron chi connectivity index (χ4n) is 2.76. The molecule has 0 amide bonds. The van der Waals surface area contributed by atoms with E-state index < -0.39 is 6.10 Å². The summed E-state index contributed by atoms with van der Waals surface area (Å²) in [6.07, 6.45) is 1.89. The number of hydrogen-bond acceptors (Lipinski definition) is 5. The van der Waals surface area contributed by atoms with Crippen molar-refractivity contribution in [2.75, 3.05) is 20.2 Å². The molecule has 130 valence electrons. The maximum atomic E-state index is 10.2. The van der Waals surface area contributed by atoms with Crippen LogP contribution in [0.2, 0.25) is 0 Å². The van der Waals surface area contributed by atoms with E-state index in [9.17, 15) is 5.11 Å². The molecule has 24 heavy (non-hydrogen) atoms. The maximum absolute atomic E-state index is 10.2. The van der Waals surface area contributed by atoms with Crippen LogP contribution in [0.15, 0.2) is 24.3 Å². The molecule has 1 aromatic heterocycles. The van der Waals surface area contributed by atoms with Crippen LogP contribution < -0.4 is 4.74 Å². The Morgan fingerprint density at radius 3 is 2.67 bits per heavy atom. The lowest BCUT2D eigenvalue weighted by Crippen LogP contribution is -2.33. The monoisotopic (exact) mass is 330 g/mol. The van der Waals surface area contributed by atoms with Crippen LogP contribution in [0.4, 0.5) is 0 Å². The largest absolute Gasteiger partial charge is 0.491 e. The van der Waals surface area contributed by atoms with Gasteiger partial charge >= 0.3 is 0 Å². The lowest BCUT2D eigenvalue weighted by atomic mass is 10.2. The van der Waals surface area contributed by atoms with Crippen molar-refractivity contribution in [3.8, 4) is 5.75 Å². The van der Waals surface area contributed by atoms with Gasteiger partial charge < -0.3 is 14.4 Å². The molecule has 0 saturated heterocycles. The van der Waals surface area contributed by atoms with Gasteiger partial charge in [-0.05, 0) is 38.9 Å². The molecule has 0 aliphatic heterocycles. The summed E-state index contributed by atoms with van der Waals surface area (Å²) in [5.41, 5.74) is 1.19. The molecular formula is C18H26N4O2. The Bertz CT molecular complexity index is 664. The van der Waals surface area contributed by atoms with Gasteiger partial charge in [0.05, 0.1) is 6.54 Å². The first kappa shape index (κ1) is 16.9. The van der Waals surface area contributed by atoms with E-state index in [1.165, 1.54) is 18.4 Å². The van der Waals surface area contributed by atoms with E-state index in [4.69, 9.17) is 4.74 Å². The van der Waals surface area contributed by atoms with Crippen LogP contribution in [-0.4, -0.2) is 51.1 Å². The Hall–Kier alpha value is -1.92. The van der Waals surface area contributed by atoms with Crippen LogP contribution in [0.5, 0.6) is 5.75 Å². The molecule has 6 nitrogen and oxygen atoms in total. The molecule has 0 spiro atoms. The zero-order valence-electron chi connectivity index (χ0n) is 14.6. The minimum atomic E-state index is -0.549. The molecule has 1 fully saturated rings. The van der Waals surface area contributed by atoms with Crippen molar-refractivity contribution in [1.82, 2.24) is 19.7 Å². The third-order valence-electron chi connectivity index (χ3n) is 4.34. The first-order chi connectivity index (χ1) is 11.5. The number of rotatable bonds is 8. The minimum Gasteiger partial charge on any atom is -0.491 e. The lowest BCUT2D eigenvalue weighted by molar-refractivity contribution is 0.0734. The van der Waals surface area contributed by atoms with Crippen molar-refractivity contribution in [2.24, 2.45) is 7.05 Å². The highest BCUT2D eigenvalue weighted by molar-refractivity contribution is 5.26. The predicted molar refractivity (Wildman–Crippen MR) is 92.0 cm³/mol. The smallest absolute Gasteiger partial charge is 0.146 e. The summed E-state index contributed by atoms with van der Waals surface area (Å²) in [5.74, 6) is 3.40. The molecule has 1 aliphatic rings. The zero-order valence-corrected chi connectivity index (χ0v) is 14.6. The molecular weight excluding hydrogens is 304 g/mol. The normalized spacial score (nSPS) is 15.7. The summed E-state index contributed by atoms with van der Waals surface area (Å²) < 4.78 is 7.72. The average Bonchev–Trinajstić information content (AvgIpc) is 3.32. The van der Waals surface area contributed by atoms with E-state index >= 15 is 0 Å². The van der Waals surface area contributed by atoms with Gasteiger partial charge in [0.25, 0.3) is 0 Å². The summed E-state index contributed by atoms with van der Waals surface area (Å²) in [7, 11) is 3.99.